The van der Waals surface area contributed by atoms with E-state index in [1.165, 1.54) is 0 Å². The number of nitrogens with one attached hydrogen (secondary N) is 1. The average molecular weight is 232 g/mol. The summed E-state index contributed by atoms with van der Waals surface area (Å²) < 4.78 is 0. The van der Waals surface area contributed by atoms with E-state index in [-0.39, 0.29) is 18.4 Å². The summed E-state index contributed by atoms with van der Waals surface area (Å²) >= 11 is 0. The summed E-state index contributed by atoms with van der Waals surface area (Å²) in [6.45, 7) is 4.37. The molecule has 1 heterocycles. The molecule has 1 atom stereocenters. The molecule has 1 fully saturated rings. The maximum Gasteiger partial charge on any atom is 0.245 e. The van der Waals surface area contributed by atoms with Crippen LogP contribution in [0.4, 0.5) is 0 Å². The molecule has 17 heavy (non-hydrogen) atoms. The Morgan fingerprint density at radius 2 is 2.06 bits per heavy atom. The molecule has 1 aliphatic heterocycles. The third-order valence-electron chi connectivity index (χ3n) is 3.02. The Balaban J connectivity index is 2.15. The van der Waals surface area contributed by atoms with E-state index in [0.29, 0.717) is 6.54 Å². The molecule has 0 bridgehead atoms. The van der Waals surface area contributed by atoms with Crippen molar-refractivity contribution in [1.82, 2.24) is 10.2 Å². The van der Waals surface area contributed by atoms with Gasteiger partial charge in [0.05, 0.1) is 6.54 Å². The van der Waals surface area contributed by atoms with E-state index in [1.807, 2.05) is 31.2 Å². The quantitative estimate of drug-likeness (QED) is 0.821. The van der Waals surface area contributed by atoms with Crippen LogP contribution in [-0.2, 0) is 16.1 Å². The molecule has 0 aromatic heterocycles. The summed E-state index contributed by atoms with van der Waals surface area (Å²) in [5.74, 6) is -0.112. The monoisotopic (exact) mass is 232 g/mol. The average Bonchev–Trinajstić information content (AvgIpc) is 2.28. The predicted octanol–water partition coefficient (Wildman–Crippen LogP) is 0.842. The molecule has 1 aliphatic rings. The third kappa shape index (κ3) is 2.46. The van der Waals surface area contributed by atoms with Gasteiger partial charge in [0.2, 0.25) is 11.8 Å². The lowest BCUT2D eigenvalue weighted by Crippen LogP contribution is -2.56. The van der Waals surface area contributed by atoms with E-state index >= 15 is 0 Å². The lowest BCUT2D eigenvalue weighted by Gasteiger charge is -2.31. The zero-order valence-corrected chi connectivity index (χ0v) is 10.1. The number of carbonyl (C=O) groups excluding carboxylic acids is 2. The Bertz CT molecular complexity index is 456. The van der Waals surface area contributed by atoms with Crippen molar-refractivity contribution in [3.8, 4) is 0 Å². The molecule has 0 aliphatic carbocycles. The normalized spacial score (nSPS) is 20.4. The van der Waals surface area contributed by atoms with Gasteiger partial charge in [0.1, 0.15) is 6.04 Å². The van der Waals surface area contributed by atoms with Gasteiger partial charge in [-0.25, -0.2) is 0 Å². The minimum absolute atomic E-state index is 0.0205. The van der Waals surface area contributed by atoms with Gasteiger partial charge < -0.3 is 10.2 Å². The van der Waals surface area contributed by atoms with Crippen LogP contribution >= 0.6 is 0 Å². The number of hydrogen-bond donors (Lipinski definition) is 1. The fourth-order valence-corrected chi connectivity index (χ4v) is 2.00. The molecule has 1 aromatic rings. The molecule has 90 valence electrons. The lowest BCUT2D eigenvalue weighted by molar-refractivity contribution is -0.144. The van der Waals surface area contributed by atoms with Crippen molar-refractivity contribution < 1.29 is 9.59 Å². The van der Waals surface area contributed by atoms with Crippen LogP contribution in [0.2, 0.25) is 0 Å². The number of carbonyl (C=O) groups is 2. The van der Waals surface area contributed by atoms with Crippen molar-refractivity contribution in [2.75, 3.05) is 6.54 Å². The number of hydrogen-bond acceptors (Lipinski definition) is 2. The molecule has 1 N–H and O–H groups in total. The van der Waals surface area contributed by atoms with E-state index in [2.05, 4.69) is 5.32 Å². The van der Waals surface area contributed by atoms with E-state index in [0.717, 1.165) is 11.1 Å². The number of rotatable bonds is 2. The second-order valence-electron chi connectivity index (χ2n) is 4.41. The molecule has 2 rings (SSSR count). The van der Waals surface area contributed by atoms with Gasteiger partial charge >= 0.3 is 0 Å². The minimum Gasteiger partial charge on any atom is -0.343 e. The van der Waals surface area contributed by atoms with Gasteiger partial charge in [0.15, 0.2) is 0 Å². The van der Waals surface area contributed by atoms with E-state index in [9.17, 15) is 9.59 Å². The Morgan fingerprint density at radius 3 is 2.76 bits per heavy atom. The third-order valence-corrected chi connectivity index (χ3v) is 3.02. The van der Waals surface area contributed by atoms with Crippen molar-refractivity contribution in [2.45, 2.75) is 26.4 Å². The lowest BCUT2D eigenvalue weighted by atomic mass is 10.1. The molecule has 0 spiro atoms. The molecule has 4 heteroatoms. The largest absolute Gasteiger partial charge is 0.343 e. The summed E-state index contributed by atoms with van der Waals surface area (Å²) in [6, 6.07) is 7.49. The molecule has 2 amide bonds. The Labute approximate surface area is 101 Å². The molecule has 1 unspecified atom stereocenters. The van der Waals surface area contributed by atoms with Crippen LogP contribution in [-0.4, -0.2) is 29.3 Å². The number of aryl methyl sites for hydroxylation is 1. The van der Waals surface area contributed by atoms with Crippen molar-refractivity contribution in [2.24, 2.45) is 0 Å². The maximum absolute atomic E-state index is 11.9. The second kappa shape index (κ2) is 4.57. The maximum atomic E-state index is 11.9. The SMILES string of the molecule is Cc1ccccc1CN1CC(=O)NC(C)C1=O. The van der Waals surface area contributed by atoms with Crippen LogP contribution in [0.15, 0.2) is 24.3 Å². The topological polar surface area (TPSA) is 49.4 Å². The Kier molecular flexibility index (Phi) is 3.13. The van der Waals surface area contributed by atoms with Crippen molar-refractivity contribution in [1.29, 1.82) is 0 Å². The Morgan fingerprint density at radius 1 is 1.35 bits per heavy atom. The van der Waals surface area contributed by atoms with Gasteiger partial charge in [0.25, 0.3) is 0 Å². The van der Waals surface area contributed by atoms with Crippen LogP contribution in [0.5, 0.6) is 0 Å². The van der Waals surface area contributed by atoms with Gasteiger partial charge in [-0.2, -0.15) is 0 Å². The van der Waals surface area contributed by atoms with E-state index < -0.39 is 6.04 Å². The fourth-order valence-electron chi connectivity index (χ4n) is 2.00. The highest BCUT2D eigenvalue weighted by molar-refractivity contribution is 5.94. The highest BCUT2D eigenvalue weighted by Crippen LogP contribution is 2.12. The summed E-state index contributed by atoms with van der Waals surface area (Å²) in [6.07, 6.45) is 0. The van der Waals surface area contributed by atoms with Crippen LogP contribution in [0.25, 0.3) is 0 Å². The summed E-state index contributed by atoms with van der Waals surface area (Å²) in [5.41, 5.74) is 2.22. The number of benzene rings is 1. The second-order valence-corrected chi connectivity index (χ2v) is 4.41. The number of piperazine rings is 1. The molecule has 0 saturated carbocycles. The van der Waals surface area contributed by atoms with Gasteiger partial charge in [-0.1, -0.05) is 24.3 Å². The van der Waals surface area contributed by atoms with Gasteiger partial charge in [-0.15, -0.1) is 0 Å². The predicted molar refractivity (Wildman–Crippen MR) is 64.2 cm³/mol. The first-order valence-electron chi connectivity index (χ1n) is 5.70. The number of amides is 2. The van der Waals surface area contributed by atoms with E-state index in [4.69, 9.17) is 0 Å². The first kappa shape index (κ1) is 11.6. The standard InChI is InChI=1S/C13H16N2O2/c1-9-5-3-4-6-11(9)7-15-8-12(16)14-10(2)13(15)17/h3-6,10H,7-8H2,1-2H3,(H,14,16). The summed E-state index contributed by atoms with van der Waals surface area (Å²) in [4.78, 5) is 24.9. The van der Waals surface area contributed by atoms with Crippen LogP contribution in [0.3, 0.4) is 0 Å². The van der Waals surface area contributed by atoms with Crippen molar-refractivity contribution in [3.63, 3.8) is 0 Å². The smallest absolute Gasteiger partial charge is 0.245 e. The zero-order valence-electron chi connectivity index (χ0n) is 10.1. The van der Waals surface area contributed by atoms with E-state index in [1.54, 1.807) is 11.8 Å². The summed E-state index contributed by atoms with van der Waals surface area (Å²) in [7, 11) is 0. The Hall–Kier alpha value is -1.84. The first-order valence-corrected chi connectivity index (χ1v) is 5.70. The van der Waals surface area contributed by atoms with Gasteiger partial charge in [-0.3, -0.25) is 9.59 Å². The number of nitrogens with zero attached hydrogens (tertiary/aromatic N) is 1. The van der Waals surface area contributed by atoms with Crippen LogP contribution in [0.1, 0.15) is 18.1 Å². The highest BCUT2D eigenvalue weighted by Gasteiger charge is 2.29. The first-order chi connectivity index (χ1) is 8.08. The molecule has 1 saturated heterocycles. The minimum atomic E-state index is -0.416. The molecule has 1 aromatic carbocycles. The van der Waals surface area contributed by atoms with Crippen molar-refractivity contribution in [3.05, 3.63) is 35.4 Å². The van der Waals surface area contributed by atoms with Crippen molar-refractivity contribution >= 4 is 11.8 Å². The van der Waals surface area contributed by atoms with Gasteiger partial charge in [0, 0.05) is 6.54 Å². The van der Waals surface area contributed by atoms with Crippen LogP contribution in [0, 0.1) is 6.92 Å². The molecular weight excluding hydrogens is 216 g/mol. The fraction of sp³-hybridized carbons (Fsp3) is 0.385. The highest BCUT2D eigenvalue weighted by atomic mass is 16.2. The van der Waals surface area contributed by atoms with Crippen LogP contribution < -0.4 is 5.32 Å². The summed E-state index contributed by atoms with van der Waals surface area (Å²) in [5, 5.41) is 2.63. The van der Waals surface area contributed by atoms with Gasteiger partial charge in [-0.05, 0) is 25.0 Å². The molecule has 4 nitrogen and oxygen atoms in total. The molecule has 0 radical (unpaired) electrons. The zero-order chi connectivity index (χ0) is 12.4. The molecular formula is C13H16N2O2.